The zero-order valence-corrected chi connectivity index (χ0v) is 21.8. The Labute approximate surface area is 230 Å². The molecule has 0 aromatic heterocycles. The highest BCUT2D eigenvalue weighted by Crippen LogP contribution is 2.55. The number of anilines is 1. The fourth-order valence-corrected chi connectivity index (χ4v) is 6.71. The Balaban J connectivity index is 1.47. The van der Waals surface area contributed by atoms with Gasteiger partial charge in [-0.25, -0.2) is 0 Å². The van der Waals surface area contributed by atoms with Crippen molar-refractivity contribution in [2.45, 2.75) is 25.7 Å². The molecule has 1 heterocycles. The third-order valence-corrected chi connectivity index (χ3v) is 8.53. The van der Waals surface area contributed by atoms with E-state index in [0.29, 0.717) is 22.3 Å². The van der Waals surface area contributed by atoms with Gasteiger partial charge in [0.25, 0.3) is 0 Å². The van der Waals surface area contributed by atoms with Crippen molar-refractivity contribution in [2.75, 3.05) is 12.0 Å². The molecule has 4 unspecified atom stereocenters. The first kappa shape index (κ1) is 26.0. The second-order valence-electron chi connectivity index (χ2n) is 10.6. The summed E-state index contributed by atoms with van der Waals surface area (Å²) in [6.07, 6.45) is 3.66. The molecule has 1 saturated heterocycles. The number of carbonyl (C=O) groups is 4. The zero-order valence-electron chi connectivity index (χ0n) is 21.8. The Morgan fingerprint density at radius 2 is 1.77 bits per heavy atom. The van der Waals surface area contributed by atoms with E-state index in [4.69, 9.17) is 4.74 Å². The number of aromatic hydroxyl groups is 1. The molecular formula is C30H26BNO8. The number of nitrogens with zero attached hydrogens (tertiary/aromatic N) is 1. The van der Waals surface area contributed by atoms with Gasteiger partial charge in [-0.1, -0.05) is 29.8 Å². The molecule has 1 fully saturated rings. The average Bonchev–Trinajstić information content (AvgIpc) is 3.20. The van der Waals surface area contributed by atoms with Crippen molar-refractivity contribution in [2.24, 2.45) is 17.8 Å². The van der Waals surface area contributed by atoms with Crippen LogP contribution in [-0.4, -0.2) is 52.8 Å². The maximum atomic E-state index is 14.0. The average molecular weight is 539 g/mol. The molecule has 4 atom stereocenters. The lowest BCUT2D eigenvalue weighted by Crippen LogP contribution is -2.40. The first-order chi connectivity index (χ1) is 19.1. The molecule has 3 N–H and O–H groups in total. The van der Waals surface area contributed by atoms with Crippen LogP contribution in [0.5, 0.6) is 11.5 Å². The van der Waals surface area contributed by atoms with E-state index in [0.717, 1.165) is 10.5 Å². The Morgan fingerprint density at radius 1 is 1.00 bits per heavy atom. The molecule has 6 rings (SSSR count). The van der Waals surface area contributed by atoms with E-state index >= 15 is 0 Å². The summed E-state index contributed by atoms with van der Waals surface area (Å²) in [5, 5.41) is 29.4. The number of methoxy groups -OCH3 is 1. The molecule has 0 saturated carbocycles. The first-order valence-electron chi connectivity index (χ1n) is 13.0. The molecule has 0 radical (unpaired) electrons. The van der Waals surface area contributed by atoms with E-state index in [9.17, 15) is 34.3 Å². The van der Waals surface area contributed by atoms with Crippen molar-refractivity contribution in [3.05, 3.63) is 82.5 Å². The molecule has 4 aliphatic rings. The highest BCUT2D eigenvalue weighted by Gasteiger charge is 2.56. The van der Waals surface area contributed by atoms with E-state index in [-0.39, 0.29) is 53.0 Å². The minimum absolute atomic E-state index is 0.0743. The van der Waals surface area contributed by atoms with Gasteiger partial charge in [-0.3, -0.25) is 24.1 Å². The molecule has 0 spiro atoms. The van der Waals surface area contributed by atoms with Crippen LogP contribution < -0.4 is 15.1 Å². The number of carbonyl (C=O) groups excluding carboxylic acids is 4. The molecule has 202 valence electrons. The lowest BCUT2D eigenvalue weighted by Gasteiger charge is -2.42. The summed E-state index contributed by atoms with van der Waals surface area (Å²) in [5.41, 5.74) is 2.81. The third kappa shape index (κ3) is 3.78. The minimum atomic E-state index is -1.76. The van der Waals surface area contributed by atoms with Crippen LogP contribution >= 0.6 is 0 Å². The number of rotatable bonds is 4. The molecule has 10 heteroatoms. The first-order valence-corrected chi connectivity index (χ1v) is 13.0. The normalized spacial score (nSPS) is 25.8. The number of amides is 2. The number of Topliss-reactive ketones (excluding diaryl/α,β-unsaturated/α-hetero) is 1. The van der Waals surface area contributed by atoms with Crippen molar-refractivity contribution in [3.8, 4) is 11.5 Å². The van der Waals surface area contributed by atoms with Gasteiger partial charge in [-0.15, -0.1) is 0 Å². The van der Waals surface area contributed by atoms with E-state index in [1.807, 2.05) is 6.08 Å². The maximum Gasteiger partial charge on any atom is 0.488 e. The van der Waals surface area contributed by atoms with Crippen molar-refractivity contribution < 1.29 is 39.1 Å². The molecule has 40 heavy (non-hydrogen) atoms. The topological polar surface area (TPSA) is 141 Å². The Bertz CT molecular complexity index is 1600. The van der Waals surface area contributed by atoms with Gasteiger partial charge in [0.05, 0.1) is 24.6 Å². The van der Waals surface area contributed by atoms with Gasteiger partial charge in [0, 0.05) is 22.6 Å². The Kier molecular flexibility index (Phi) is 6.12. The number of fused-ring (bicyclic) bond motifs is 3. The number of hydrogen-bond acceptors (Lipinski definition) is 8. The molecule has 3 aliphatic carbocycles. The summed E-state index contributed by atoms with van der Waals surface area (Å²) < 4.78 is 5.31. The summed E-state index contributed by atoms with van der Waals surface area (Å²) in [6, 6.07) is 10.8. The van der Waals surface area contributed by atoms with Crippen LogP contribution in [0.1, 0.15) is 31.2 Å². The van der Waals surface area contributed by atoms with Crippen LogP contribution in [0.15, 0.2) is 76.9 Å². The number of imide groups is 1. The number of ketones is 2. The predicted octanol–water partition coefficient (Wildman–Crippen LogP) is 1.71. The SMILES string of the molecule is COc1cc(C2C3=CCC4C(=O)N(c5cccc(B(O)O)c5)C(=O)C4C3CC3=C2C(=O)C=C(C)C3=O)ccc1O. The standard InChI is InChI=1S/C30H26BNO8/c1-14-10-23(34)27-21(28(14)35)13-20-18(25(27)15-6-9-22(33)24(11-15)40-2)7-8-19-26(20)30(37)32(29(19)36)17-5-3-4-16(12-17)31(38)39/h3-7,9-12,19-20,25-26,33,38-39H,8,13H2,1-2H3. The second-order valence-corrected chi connectivity index (χ2v) is 10.6. The molecule has 0 bridgehead atoms. The monoisotopic (exact) mass is 539 g/mol. The molecular weight excluding hydrogens is 513 g/mol. The van der Waals surface area contributed by atoms with Gasteiger partial charge in [0.1, 0.15) is 0 Å². The lowest BCUT2D eigenvalue weighted by atomic mass is 9.59. The van der Waals surface area contributed by atoms with Crippen LogP contribution in [0.2, 0.25) is 0 Å². The quantitative estimate of drug-likeness (QED) is 0.231. The van der Waals surface area contributed by atoms with Gasteiger partial charge < -0.3 is 19.9 Å². The fraction of sp³-hybridized carbons (Fsp3) is 0.267. The fourth-order valence-electron chi connectivity index (χ4n) is 6.71. The highest BCUT2D eigenvalue weighted by atomic mass is 16.5. The minimum Gasteiger partial charge on any atom is -0.504 e. The van der Waals surface area contributed by atoms with Crippen molar-refractivity contribution in [3.63, 3.8) is 0 Å². The summed E-state index contributed by atoms with van der Waals surface area (Å²) in [7, 11) is -0.345. The number of phenolic OH excluding ortho intramolecular Hbond substituents is 1. The largest absolute Gasteiger partial charge is 0.504 e. The van der Waals surface area contributed by atoms with Crippen molar-refractivity contribution in [1.29, 1.82) is 0 Å². The summed E-state index contributed by atoms with van der Waals surface area (Å²) >= 11 is 0. The molecule has 2 aromatic carbocycles. The van der Waals surface area contributed by atoms with Crippen molar-refractivity contribution in [1.82, 2.24) is 0 Å². The van der Waals surface area contributed by atoms with Crippen LogP contribution in [0.3, 0.4) is 0 Å². The zero-order chi connectivity index (χ0) is 28.5. The maximum absolute atomic E-state index is 14.0. The van der Waals surface area contributed by atoms with E-state index in [1.54, 1.807) is 31.2 Å². The highest BCUT2D eigenvalue weighted by molar-refractivity contribution is 6.58. The number of phenols is 1. The van der Waals surface area contributed by atoms with Crippen LogP contribution in [0.4, 0.5) is 5.69 Å². The Morgan fingerprint density at radius 3 is 2.50 bits per heavy atom. The van der Waals surface area contributed by atoms with Gasteiger partial charge in [-0.05, 0) is 67.1 Å². The number of ether oxygens (including phenoxy) is 1. The smallest absolute Gasteiger partial charge is 0.488 e. The van der Waals surface area contributed by atoms with Crippen LogP contribution in [0, 0.1) is 17.8 Å². The van der Waals surface area contributed by atoms with Crippen molar-refractivity contribution >= 4 is 41.6 Å². The number of benzene rings is 2. The van der Waals surface area contributed by atoms with Gasteiger partial charge in [0.2, 0.25) is 11.8 Å². The number of hydrogen-bond donors (Lipinski definition) is 3. The van der Waals surface area contributed by atoms with Crippen LogP contribution in [-0.2, 0) is 19.2 Å². The van der Waals surface area contributed by atoms with Gasteiger partial charge >= 0.3 is 7.12 Å². The summed E-state index contributed by atoms with van der Waals surface area (Å²) in [5.74, 6) is -3.82. The van der Waals surface area contributed by atoms with E-state index in [1.165, 1.54) is 31.4 Å². The molecule has 2 amide bonds. The third-order valence-electron chi connectivity index (χ3n) is 8.53. The Hall–Kier alpha value is -4.28. The second kappa shape index (κ2) is 9.43. The summed E-state index contributed by atoms with van der Waals surface area (Å²) in [6.45, 7) is 1.59. The number of allylic oxidation sites excluding steroid dienone is 6. The molecule has 9 nitrogen and oxygen atoms in total. The molecule has 2 aromatic rings. The molecule has 1 aliphatic heterocycles. The van der Waals surface area contributed by atoms with Gasteiger partial charge in [-0.2, -0.15) is 0 Å². The van der Waals surface area contributed by atoms with E-state index < -0.39 is 36.7 Å². The predicted molar refractivity (Wildman–Crippen MR) is 145 cm³/mol. The van der Waals surface area contributed by atoms with E-state index in [2.05, 4.69) is 0 Å². The lowest BCUT2D eigenvalue weighted by molar-refractivity contribution is -0.123. The van der Waals surface area contributed by atoms with Gasteiger partial charge in [0.15, 0.2) is 23.1 Å². The van der Waals surface area contributed by atoms with Crippen LogP contribution in [0.25, 0.3) is 0 Å². The summed E-state index contributed by atoms with van der Waals surface area (Å²) in [4.78, 5) is 55.4.